The molecular formula is C32H25NO9S2. The smallest absolute Gasteiger partial charge is 0.343 e. The van der Waals surface area contributed by atoms with Crippen LogP contribution in [-0.4, -0.2) is 29.7 Å². The molecule has 1 aliphatic heterocycles. The highest BCUT2D eigenvalue weighted by Crippen LogP contribution is 2.59. The van der Waals surface area contributed by atoms with Crippen LogP contribution in [0.15, 0.2) is 80.4 Å². The van der Waals surface area contributed by atoms with E-state index < -0.39 is 29.3 Å². The highest BCUT2D eigenvalue weighted by Gasteiger charge is 2.35. The number of esters is 4. The number of hydrogen-bond donors (Lipinski definition) is 0. The Morgan fingerprint density at radius 1 is 0.636 bits per heavy atom. The normalized spacial score (nSPS) is 12.0. The average Bonchev–Trinajstić information content (AvgIpc) is 3.40. The highest BCUT2D eigenvalue weighted by molar-refractivity contribution is 8.24. The third kappa shape index (κ3) is 7.55. The molecule has 0 unspecified atom stereocenters. The summed E-state index contributed by atoms with van der Waals surface area (Å²) >= 11 is 2.13. The Labute approximate surface area is 261 Å². The fourth-order valence-corrected chi connectivity index (χ4v) is 6.26. The lowest BCUT2D eigenvalue weighted by Gasteiger charge is -2.16. The number of Topliss-reactive ketones (excluding diaryl/α,β-unsaturated/α-hetero) is 1. The second-order valence-corrected chi connectivity index (χ2v) is 12.6. The summed E-state index contributed by atoms with van der Waals surface area (Å²) in [5, 5.41) is 0. The number of nitrogens with zero attached hydrogens (tertiary/aromatic N) is 1. The Morgan fingerprint density at radius 3 is 1.34 bits per heavy atom. The van der Waals surface area contributed by atoms with Gasteiger partial charge in [-0.15, -0.1) is 0 Å². The molecule has 0 saturated carbocycles. The van der Waals surface area contributed by atoms with Crippen LogP contribution in [0.5, 0.6) is 23.0 Å². The lowest BCUT2D eigenvalue weighted by molar-refractivity contribution is -0.132. The molecule has 0 spiro atoms. The summed E-state index contributed by atoms with van der Waals surface area (Å²) in [6.45, 7) is 15.3. The predicted octanol–water partition coefficient (Wildman–Crippen LogP) is 6.88. The number of carbonyl (C=O) groups is 5. The number of carbonyl (C=O) groups excluding carboxylic acids is 5. The zero-order valence-corrected chi connectivity index (χ0v) is 25.8. The topological polar surface area (TPSA) is 127 Å². The largest absolute Gasteiger partial charge is 0.427 e. The van der Waals surface area contributed by atoms with Crippen molar-refractivity contribution in [1.29, 1.82) is 0 Å². The summed E-state index contributed by atoms with van der Waals surface area (Å²) in [5.41, 5.74) is -0.554. The van der Waals surface area contributed by atoms with E-state index in [1.165, 1.54) is 74.5 Å². The van der Waals surface area contributed by atoms with Crippen molar-refractivity contribution in [2.75, 3.05) is 0 Å². The van der Waals surface area contributed by atoms with Gasteiger partial charge in [0.2, 0.25) is 5.70 Å². The average molecular weight is 632 g/mol. The van der Waals surface area contributed by atoms with Crippen molar-refractivity contribution < 1.29 is 42.9 Å². The number of thioether (sulfide) groups is 2. The third-order valence-corrected chi connectivity index (χ3v) is 8.34. The molecule has 0 bridgehead atoms. The van der Waals surface area contributed by atoms with Crippen LogP contribution in [0.3, 0.4) is 0 Å². The Hall–Kier alpha value is -4.86. The van der Waals surface area contributed by atoms with Crippen molar-refractivity contribution in [3.8, 4) is 23.0 Å². The first kappa shape index (κ1) is 32.1. The molecule has 0 aromatic heterocycles. The number of rotatable bonds is 7. The molecule has 12 heteroatoms. The van der Waals surface area contributed by atoms with Gasteiger partial charge >= 0.3 is 23.9 Å². The zero-order chi connectivity index (χ0) is 32.2. The van der Waals surface area contributed by atoms with Gasteiger partial charge in [-0.3, -0.25) is 9.59 Å². The number of ether oxygens (including phenoxy) is 4. The van der Waals surface area contributed by atoms with Crippen molar-refractivity contribution in [2.45, 2.75) is 44.4 Å². The van der Waals surface area contributed by atoms with Crippen molar-refractivity contribution in [2.24, 2.45) is 5.41 Å². The van der Waals surface area contributed by atoms with Crippen molar-refractivity contribution in [3.63, 3.8) is 0 Å². The molecule has 3 aromatic carbocycles. The van der Waals surface area contributed by atoms with Crippen molar-refractivity contribution >= 4 is 53.2 Å². The Morgan fingerprint density at radius 2 is 1.02 bits per heavy atom. The Balaban J connectivity index is 1.68. The van der Waals surface area contributed by atoms with Crippen LogP contribution in [0.4, 0.5) is 0 Å². The van der Waals surface area contributed by atoms with E-state index in [0.29, 0.717) is 14.0 Å². The maximum Gasteiger partial charge on any atom is 0.343 e. The second kappa shape index (κ2) is 13.2. The van der Waals surface area contributed by atoms with Gasteiger partial charge in [0.25, 0.3) is 0 Å². The minimum Gasteiger partial charge on any atom is -0.427 e. The molecule has 0 radical (unpaired) electrons. The summed E-state index contributed by atoms with van der Waals surface area (Å²) < 4.78 is 21.7. The fourth-order valence-electron chi connectivity index (χ4n) is 3.70. The molecular weight excluding hydrogens is 606 g/mol. The van der Waals surface area contributed by atoms with Gasteiger partial charge < -0.3 is 23.7 Å². The summed E-state index contributed by atoms with van der Waals surface area (Å²) in [5.74, 6) is -2.02. The number of fused-ring (bicyclic) bond motifs is 1. The van der Waals surface area contributed by atoms with Gasteiger partial charge in [0.15, 0.2) is 5.78 Å². The molecule has 10 nitrogen and oxygen atoms in total. The van der Waals surface area contributed by atoms with E-state index in [-0.39, 0.29) is 45.6 Å². The van der Waals surface area contributed by atoms with Crippen LogP contribution in [-0.2, 0) is 14.4 Å². The lowest BCUT2D eigenvalue weighted by atomic mass is 9.89. The summed E-state index contributed by atoms with van der Waals surface area (Å²) in [4.78, 5) is 65.8. The SMILES string of the molecule is [C-]#[N+]C(C(=O)C(C)(C)C)=C1Sc2c(OC(=O)c3ccc(OC(C)=O)cc3)ccc(OC(=O)c3ccc(OC(C)=O)cc3)c2S1. The molecule has 0 saturated heterocycles. The predicted molar refractivity (Wildman–Crippen MR) is 162 cm³/mol. The first-order valence-electron chi connectivity index (χ1n) is 13.0. The van der Waals surface area contributed by atoms with Crippen LogP contribution < -0.4 is 18.9 Å². The molecule has 0 amide bonds. The Bertz CT molecular complexity index is 1640. The molecule has 3 aromatic rings. The molecule has 0 fully saturated rings. The number of ketones is 1. The van der Waals surface area contributed by atoms with E-state index in [0.717, 1.165) is 23.5 Å². The molecule has 0 atom stereocenters. The zero-order valence-electron chi connectivity index (χ0n) is 24.2. The monoisotopic (exact) mass is 631 g/mol. The van der Waals surface area contributed by atoms with Crippen LogP contribution in [0, 0.1) is 12.0 Å². The summed E-state index contributed by atoms with van der Waals surface area (Å²) in [7, 11) is 0. The van der Waals surface area contributed by atoms with Gasteiger partial charge in [-0.05, 0) is 60.7 Å². The summed E-state index contributed by atoms with van der Waals surface area (Å²) in [6, 6.07) is 14.5. The third-order valence-electron chi connectivity index (χ3n) is 5.74. The van der Waals surface area contributed by atoms with E-state index in [1.807, 2.05) is 0 Å². The van der Waals surface area contributed by atoms with Crippen LogP contribution in [0.25, 0.3) is 4.85 Å². The number of benzene rings is 3. The number of hydrogen-bond acceptors (Lipinski definition) is 11. The van der Waals surface area contributed by atoms with Gasteiger partial charge in [-0.2, -0.15) is 0 Å². The molecule has 1 aliphatic rings. The van der Waals surface area contributed by atoms with E-state index in [4.69, 9.17) is 25.5 Å². The second-order valence-electron chi connectivity index (χ2n) is 10.3. The highest BCUT2D eigenvalue weighted by atomic mass is 32.2. The van der Waals surface area contributed by atoms with Crippen molar-refractivity contribution in [3.05, 3.63) is 93.1 Å². The van der Waals surface area contributed by atoms with Gasteiger partial charge in [0.05, 0.1) is 31.7 Å². The molecule has 44 heavy (non-hydrogen) atoms. The lowest BCUT2D eigenvalue weighted by Crippen LogP contribution is -2.21. The number of allylic oxidation sites excluding steroid dienone is 1. The minimum absolute atomic E-state index is 0.0830. The maximum atomic E-state index is 13.1. The quantitative estimate of drug-likeness (QED) is 0.117. The van der Waals surface area contributed by atoms with Gasteiger partial charge in [0, 0.05) is 19.3 Å². The van der Waals surface area contributed by atoms with E-state index >= 15 is 0 Å². The van der Waals surface area contributed by atoms with E-state index in [2.05, 4.69) is 4.85 Å². The fraction of sp³-hybridized carbons (Fsp3) is 0.188. The van der Waals surface area contributed by atoms with Gasteiger partial charge in [0.1, 0.15) is 23.0 Å². The molecule has 0 N–H and O–H groups in total. The first-order chi connectivity index (χ1) is 20.8. The van der Waals surface area contributed by atoms with E-state index in [9.17, 15) is 24.0 Å². The van der Waals surface area contributed by atoms with E-state index in [1.54, 1.807) is 20.8 Å². The first-order valence-corrected chi connectivity index (χ1v) is 14.6. The van der Waals surface area contributed by atoms with Crippen molar-refractivity contribution in [1.82, 2.24) is 0 Å². The van der Waals surface area contributed by atoms with Crippen LogP contribution in [0.1, 0.15) is 55.3 Å². The van der Waals surface area contributed by atoms with Gasteiger partial charge in [-0.25, -0.2) is 14.4 Å². The van der Waals surface area contributed by atoms with Crippen LogP contribution in [0.2, 0.25) is 0 Å². The molecule has 1 heterocycles. The van der Waals surface area contributed by atoms with Gasteiger partial charge in [-0.1, -0.05) is 44.3 Å². The molecule has 224 valence electrons. The summed E-state index contributed by atoms with van der Waals surface area (Å²) in [6.07, 6.45) is 0. The standard InChI is InChI=1S/C32H25NO9S2/c1-17(34)39-21-11-7-19(8-12-21)29(37)41-23-15-16-24(42-30(38)20-9-13-22(14-10-20)40-18(2)35)27-26(23)43-31(44-27)25(33-6)28(36)32(3,4)5/h7-16H,1-5H3. The molecule has 4 rings (SSSR count). The Kier molecular flexibility index (Phi) is 9.62. The minimum atomic E-state index is -0.829. The molecule has 0 aliphatic carbocycles. The maximum absolute atomic E-state index is 13.1. The van der Waals surface area contributed by atoms with Crippen LogP contribution >= 0.6 is 23.5 Å².